The molecule has 1 aromatic heterocycles. The molecule has 0 spiro atoms. The first-order valence-electron chi connectivity index (χ1n) is 9.09. The van der Waals surface area contributed by atoms with Gasteiger partial charge in [0, 0.05) is 36.7 Å². The highest BCUT2D eigenvalue weighted by atomic mass is 16.5. The van der Waals surface area contributed by atoms with Gasteiger partial charge in [-0.2, -0.15) is 0 Å². The SMILES string of the molecule is COc1ccc(OC)c(C(O)CNC(=O)NCc2ccc(-n3ccnc3)cc2)c1. The Morgan fingerprint density at radius 2 is 1.93 bits per heavy atom. The first kappa shape index (κ1) is 20.2. The number of urea groups is 1. The molecule has 8 heteroatoms. The van der Waals surface area contributed by atoms with E-state index in [0.29, 0.717) is 23.6 Å². The molecule has 29 heavy (non-hydrogen) atoms. The maximum absolute atomic E-state index is 12.1. The van der Waals surface area contributed by atoms with Crippen LogP contribution >= 0.6 is 0 Å². The maximum Gasteiger partial charge on any atom is 0.315 e. The van der Waals surface area contributed by atoms with Crippen molar-refractivity contribution in [1.29, 1.82) is 0 Å². The lowest BCUT2D eigenvalue weighted by Crippen LogP contribution is -2.37. The zero-order valence-electron chi connectivity index (χ0n) is 16.3. The van der Waals surface area contributed by atoms with E-state index in [2.05, 4.69) is 15.6 Å². The fourth-order valence-corrected chi connectivity index (χ4v) is 2.84. The van der Waals surface area contributed by atoms with E-state index in [1.54, 1.807) is 37.8 Å². The van der Waals surface area contributed by atoms with Gasteiger partial charge in [-0.25, -0.2) is 9.78 Å². The summed E-state index contributed by atoms with van der Waals surface area (Å²) in [5.41, 5.74) is 2.49. The molecule has 1 atom stereocenters. The van der Waals surface area contributed by atoms with Crippen LogP contribution in [0.3, 0.4) is 0 Å². The molecule has 2 amide bonds. The predicted octanol–water partition coefficient (Wildman–Crippen LogP) is 2.42. The number of hydrogen-bond donors (Lipinski definition) is 3. The van der Waals surface area contributed by atoms with Crippen molar-refractivity contribution in [2.24, 2.45) is 0 Å². The smallest absolute Gasteiger partial charge is 0.315 e. The molecule has 0 aliphatic rings. The highest BCUT2D eigenvalue weighted by Gasteiger charge is 2.15. The summed E-state index contributed by atoms with van der Waals surface area (Å²) >= 11 is 0. The van der Waals surface area contributed by atoms with Gasteiger partial charge in [-0.1, -0.05) is 12.1 Å². The number of amides is 2. The fourth-order valence-electron chi connectivity index (χ4n) is 2.84. The van der Waals surface area contributed by atoms with Gasteiger partial charge >= 0.3 is 6.03 Å². The van der Waals surface area contributed by atoms with Gasteiger partial charge in [-0.3, -0.25) is 0 Å². The normalized spacial score (nSPS) is 11.6. The van der Waals surface area contributed by atoms with Crippen molar-refractivity contribution >= 4 is 6.03 Å². The molecule has 1 heterocycles. The lowest BCUT2D eigenvalue weighted by molar-refractivity contribution is 0.169. The highest BCUT2D eigenvalue weighted by Crippen LogP contribution is 2.29. The topological polar surface area (TPSA) is 97.6 Å². The van der Waals surface area contributed by atoms with Crippen molar-refractivity contribution < 1.29 is 19.4 Å². The van der Waals surface area contributed by atoms with Crippen molar-refractivity contribution in [3.63, 3.8) is 0 Å². The Morgan fingerprint density at radius 1 is 1.14 bits per heavy atom. The summed E-state index contributed by atoms with van der Waals surface area (Å²) in [7, 11) is 3.07. The van der Waals surface area contributed by atoms with Crippen LogP contribution in [0, 0.1) is 0 Å². The summed E-state index contributed by atoms with van der Waals surface area (Å²) in [6.07, 6.45) is 4.38. The molecule has 3 aromatic rings. The summed E-state index contributed by atoms with van der Waals surface area (Å²) in [5.74, 6) is 1.13. The van der Waals surface area contributed by atoms with Gasteiger partial charge in [0.25, 0.3) is 0 Å². The Morgan fingerprint density at radius 3 is 2.59 bits per heavy atom. The largest absolute Gasteiger partial charge is 0.497 e. The van der Waals surface area contributed by atoms with Gasteiger partial charge in [-0.15, -0.1) is 0 Å². The van der Waals surface area contributed by atoms with Crippen LogP contribution in [0.25, 0.3) is 5.69 Å². The van der Waals surface area contributed by atoms with Gasteiger partial charge < -0.3 is 29.8 Å². The van der Waals surface area contributed by atoms with Crippen molar-refractivity contribution in [3.05, 3.63) is 72.3 Å². The van der Waals surface area contributed by atoms with Crippen LogP contribution in [-0.2, 0) is 6.54 Å². The second kappa shape index (κ2) is 9.61. The quantitative estimate of drug-likeness (QED) is 0.543. The van der Waals surface area contributed by atoms with Gasteiger partial charge in [0.1, 0.15) is 17.6 Å². The van der Waals surface area contributed by atoms with E-state index in [9.17, 15) is 9.90 Å². The molecular formula is C21H24N4O4. The monoisotopic (exact) mass is 396 g/mol. The first-order chi connectivity index (χ1) is 14.1. The van der Waals surface area contributed by atoms with E-state index in [-0.39, 0.29) is 12.6 Å². The summed E-state index contributed by atoms with van der Waals surface area (Å²) in [6.45, 7) is 0.406. The minimum Gasteiger partial charge on any atom is -0.497 e. The summed E-state index contributed by atoms with van der Waals surface area (Å²) in [5, 5.41) is 15.9. The van der Waals surface area contributed by atoms with Crippen LogP contribution < -0.4 is 20.1 Å². The van der Waals surface area contributed by atoms with E-state index >= 15 is 0 Å². The summed E-state index contributed by atoms with van der Waals surface area (Å²) in [4.78, 5) is 16.1. The third-order valence-corrected chi connectivity index (χ3v) is 4.44. The summed E-state index contributed by atoms with van der Waals surface area (Å²) < 4.78 is 12.3. The Hall–Kier alpha value is -3.52. The molecule has 0 fully saturated rings. The molecule has 0 saturated heterocycles. The number of hydrogen-bond acceptors (Lipinski definition) is 5. The molecule has 2 aromatic carbocycles. The molecule has 152 valence electrons. The molecule has 0 radical (unpaired) electrons. The Balaban J connectivity index is 1.50. The number of aliphatic hydroxyl groups excluding tert-OH is 1. The van der Waals surface area contributed by atoms with Crippen LogP contribution in [-0.4, -0.2) is 41.5 Å². The number of nitrogens with one attached hydrogen (secondary N) is 2. The number of rotatable bonds is 8. The average molecular weight is 396 g/mol. The standard InChI is InChI=1S/C21H24N4O4/c1-28-17-7-8-20(29-2)18(11-17)19(26)13-24-21(27)23-12-15-3-5-16(6-4-15)25-10-9-22-14-25/h3-11,14,19,26H,12-13H2,1-2H3,(H2,23,24,27). The van der Waals surface area contributed by atoms with Gasteiger partial charge in [-0.05, 0) is 35.9 Å². The first-order valence-corrected chi connectivity index (χ1v) is 9.09. The van der Waals surface area contributed by atoms with Crippen LogP contribution in [0.4, 0.5) is 4.79 Å². The predicted molar refractivity (Wildman–Crippen MR) is 108 cm³/mol. The van der Waals surface area contributed by atoms with Gasteiger partial charge in [0.2, 0.25) is 0 Å². The summed E-state index contributed by atoms with van der Waals surface area (Å²) in [6, 6.07) is 12.6. The van der Waals surface area contributed by atoms with Crippen LogP contribution in [0.1, 0.15) is 17.2 Å². The second-order valence-corrected chi connectivity index (χ2v) is 6.32. The molecule has 3 rings (SSSR count). The number of aromatic nitrogens is 2. The minimum absolute atomic E-state index is 0.0366. The lowest BCUT2D eigenvalue weighted by atomic mass is 10.1. The zero-order valence-corrected chi connectivity index (χ0v) is 16.3. The van der Waals surface area contributed by atoms with E-state index in [4.69, 9.17) is 9.47 Å². The third kappa shape index (κ3) is 5.26. The van der Waals surface area contributed by atoms with Crippen LogP contribution in [0.15, 0.2) is 61.2 Å². The molecule has 0 aliphatic carbocycles. The van der Waals surface area contributed by atoms with Crippen molar-refractivity contribution in [2.75, 3.05) is 20.8 Å². The number of carbonyl (C=O) groups excluding carboxylic acids is 1. The van der Waals surface area contributed by atoms with E-state index in [0.717, 1.165) is 11.3 Å². The lowest BCUT2D eigenvalue weighted by Gasteiger charge is -2.17. The maximum atomic E-state index is 12.1. The Bertz CT molecular complexity index is 926. The molecular weight excluding hydrogens is 372 g/mol. The van der Waals surface area contributed by atoms with Gasteiger partial charge in [0.05, 0.1) is 20.5 Å². The molecule has 0 aliphatic heterocycles. The number of benzene rings is 2. The molecule has 0 bridgehead atoms. The van der Waals surface area contributed by atoms with Crippen LogP contribution in [0.2, 0.25) is 0 Å². The van der Waals surface area contributed by atoms with E-state index in [1.165, 1.54) is 7.11 Å². The van der Waals surface area contributed by atoms with Crippen molar-refractivity contribution in [1.82, 2.24) is 20.2 Å². The number of imidazole rings is 1. The third-order valence-electron chi connectivity index (χ3n) is 4.44. The van der Waals surface area contributed by atoms with E-state index in [1.807, 2.05) is 35.0 Å². The molecule has 8 nitrogen and oxygen atoms in total. The number of aliphatic hydroxyl groups is 1. The number of carbonyl (C=O) groups is 1. The molecule has 3 N–H and O–H groups in total. The Kier molecular flexibility index (Phi) is 6.70. The number of ether oxygens (including phenoxy) is 2. The highest BCUT2D eigenvalue weighted by molar-refractivity contribution is 5.73. The Labute approximate surface area is 169 Å². The minimum atomic E-state index is -0.930. The fraction of sp³-hybridized carbons (Fsp3) is 0.238. The van der Waals surface area contributed by atoms with Crippen LogP contribution in [0.5, 0.6) is 11.5 Å². The number of nitrogens with zero attached hydrogens (tertiary/aromatic N) is 2. The molecule has 1 unspecified atom stereocenters. The molecule has 0 saturated carbocycles. The average Bonchev–Trinajstić information content (AvgIpc) is 3.30. The zero-order chi connectivity index (χ0) is 20.6. The second-order valence-electron chi connectivity index (χ2n) is 6.32. The van der Waals surface area contributed by atoms with Crippen molar-refractivity contribution in [2.45, 2.75) is 12.6 Å². The van der Waals surface area contributed by atoms with Crippen molar-refractivity contribution in [3.8, 4) is 17.2 Å². The van der Waals surface area contributed by atoms with E-state index < -0.39 is 6.10 Å². The number of methoxy groups -OCH3 is 2. The van der Waals surface area contributed by atoms with Gasteiger partial charge in [0.15, 0.2) is 0 Å².